The Balaban J connectivity index is 1.96. The van der Waals surface area contributed by atoms with E-state index >= 15 is 0 Å². The maximum absolute atomic E-state index is 12.5. The fourth-order valence-corrected chi connectivity index (χ4v) is 3.13. The zero-order valence-electron chi connectivity index (χ0n) is 17.5. The Labute approximate surface area is 186 Å². The fourth-order valence-electron chi connectivity index (χ4n) is 2.86. The maximum atomic E-state index is 12.5. The summed E-state index contributed by atoms with van der Waals surface area (Å²) in [7, 11) is 0. The molecule has 0 aromatic heterocycles. The molecule has 0 saturated heterocycles. The predicted octanol–water partition coefficient (Wildman–Crippen LogP) is 4.32. The Morgan fingerprint density at radius 3 is 2.40 bits per heavy atom. The number of amides is 3. The van der Waals surface area contributed by atoms with Crippen LogP contribution in [0.3, 0.4) is 0 Å². The van der Waals surface area contributed by atoms with Gasteiger partial charge < -0.3 is 16.0 Å². The molecule has 2 aromatic rings. The third-order valence-electron chi connectivity index (χ3n) is 4.78. The number of hydrogen-bond acceptors (Lipinski definition) is 3. The summed E-state index contributed by atoms with van der Waals surface area (Å²) in [5, 5.41) is 8.61. The van der Waals surface area contributed by atoms with Gasteiger partial charge in [0.2, 0.25) is 17.7 Å². The Hall–Kier alpha value is -2.67. The summed E-state index contributed by atoms with van der Waals surface area (Å²) >= 11 is 3.39. The van der Waals surface area contributed by atoms with Gasteiger partial charge in [-0.05, 0) is 41.8 Å². The molecular formula is C23H28BrN3O3. The maximum Gasteiger partial charge on any atom is 0.227 e. The van der Waals surface area contributed by atoms with Crippen molar-refractivity contribution in [3.8, 4) is 0 Å². The summed E-state index contributed by atoms with van der Waals surface area (Å²) < 4.78 is 0.928. The van der Waals surface area contributed by atoms with Crippen LogP contribution in [-0.4, -0.2) is 17.7 Å². The lowest BCUT2D eigenvalue weighted by atomic mass is 10.0. The first-order valence-electron chi connectivity index (χ1n) is 9.97. The largest absolute Gasteiger partial charge is 0.352 e. The van der Waals surface area contributed by atoms with Gasteiger partial charge in [0.15, 0.2) is 0 Å². The molecule has 0 saturated carbocycles. The van der Waals surface area contributed by atoms with Gasteiger partial charge in [0.1, 0.15) is 0 Å². The minimum absolute atomic E-state index is 0.0219. The molecule has 0 spiro atoms. The van der Waals surface area contributed by atoms with Crippen LogP contribution >= 0.6 is 15.9 Å². The van der Waals surface area contributed by atoms with E-state index in [1.165, 1.54) is 6.92 Å². The van der Waals surface area contributed by atoms with Crippen molar-refractivity contribution >= 4 is 39.3 Å². The monoisotopic (exact) mass is 473 g/mol. The summed E-state index contributed by atoms with van der Waals surface area (Å²) in [6.07, 6.45) is 0.904. The lowest BCUT2D eigenvalue weighted by Crippen LogP contribution is -2.32. The number of rotatable bonds is 9. The minimum Gasteiger partial charge on any atom is -0.352 e. The average Bonchev–Trinajstić information content (AvgIpc) is 2.71. The smallest absolute Gasteiger partial charge is 0.227 e. The number of halogens is 1. The van der Waals surface area contributed by atoms with Gasteiger partial charge in [0.25, 0.3) is 0 Å². The Bertz CT molecular complexity index is 884. The van der Waals surface area contributed by atoms with E-state index in [1.807, 2.05) is 62.4 Å². The van der Waals surface area contributed by atoms with E-state index in [0.29, 0.717) is 12.2 Å². The molecule has 30 heavy (non-hydrogen) atoms. The molecule has 7 heteroatoms. The molecular weight excluding hydrogens is 446 g/mol. The van der Waals surface area contributed by atoms with Crippen LogP contribution in [0, 0.1) is 5.92 Å². The summed E-state index contributed by atoms with van der Waals surface area (Å²) in [5.74, 6) is -0.449. The van der Waals surface area contributed by atoms with Crippen LogP contribution < -0.4 is 16.0 Å². The van der Waals surface area contributed by atoms with Gasteiger partial charge in [-0.25, -0.2) is 0 Å². The second-order valence-electron chi connectivity index (χ2n) is 7.28. The van der Waals surface area contributed by atoms with Crippen molar-refractivity contribution in [3.63, 3.8) is 0 Å². The molecule has 0 heterocycles. The van der Waals surface area contributed by atoms with Gasteiger partial charge >= 0.3 is 0 Å². The van der Waals surface area contributed by atoms with Gasteiger partial charge in [0.05, 0.1) is 12.5 Å². The molecule has 0 aliphatic rings. The van der Waals surface area contributed by atoms with Gasteiger partial charge in [-0.15, -0.1) is 0 Å². The summed E-state index contributed by atoms with van der Waals surface area (Å²) in [6, 6.07) is 14.5. The summed E-state index contributed by atoms with van der Waals surface area (Å²) in [6.45, 7) is 5.62. The van der Waals surface area contributed by atoms with Crippen molar-refractivity contribution in [2.24, 2.45) is 5.92 Å². The van der Waals surface area contributed by atoms with Crippen molar-refractivity contribution in [3.05, 3.63) is 64.1 Å². The number of nitrogens with one attached hydrogen (secondary N) is 3. The van der Waals surface area contributed by atoms with Crippen LogP contribution in [0.4, 0.5) is 5.69 Å². The van der Waals surface area contributed by atoms with Crippen LogP contribution in [0.25, 0.3) is 0 Å². The lowest BCUT2D eigenvalue weighted by Gasteiger charge is -2.18. The highest BCUT2D eigenvalue weighted by Crippen LogP contribution is 2.20. The van der Waals surface area contributed by atoms with E-state index in [9.17, 15) is 14.4 Å². The second kappa shape index (κ2) is 11.5. The van der Waals surface area contributed by atoms with E-state index in [0.717, 1.165) is 22.0 Å². The fraction of sp³-hybridized carbons (Fsp3) is 0.348. The zero-order chi connectivity index (χ0) is 22.1. The minimum atomic E-state index is -0.406. The first kappa shape index (κ1) is 23.6. The van der Waals surface area contributed by atoms with E-state index in [2.05, 4.69) is 31.9 Å². The quantitative estimate of drug-likeness (QED) is 0.506. The Kier molecular flexibility index (Phi) is 9.05. The van der Waals surface area contributed by atoms with Crippen molar-refractivity contribution in [1.29, 1.82) is 0 Å². The third-order valence-corrected chi connectivity index (χ3v) is 5.31. The SMILES string of the molecule is CCC(C)C(=O)Nc1cccc(CNC(=O)CC(NC(C)=O)c2ccc(Br)cc2)c1. The van der Waals surface area contributed by atoms with E-state index in [4.69, 9.17) is 0 Å². The highest BCUT2D eigenvalue weighted by molar-refractivity contribution is 9.10. The van der Waals surface area contributed by atoms with Crippen molar-refractivity contribution in [1.82, 2.24) is 10.6 Å². The van der Waals surface area contributed by atoms with Crippen LogP contribution in [-0.2, 0) is 20.9 Å². The molecule has 2 rings (SSSR count). The predicted molar refractivity (Wildman–Crippen MR) is 122 cm³/mol. The van der Waals surface area contributed by atoms with Gasteiger partial charge in [-0.2, -0.15) is 0 Å². The lowest BCUT2D eigenvalue weighted by molar-refractivity contribution is -0.123. The number of carbonyl (C=O) groups is 3. The Morgan fingerprint density at radius 1 is 1.07 bits per heavy atom. The van der Waals surface area contributed by atoms with Crippen molar-refractivity contribution in [2.45, 2.75) is 46.2 Å². The molecule has 3 N–H and O–H groups in total. The zero-order valence-corrected chi connectivity index (χ0v) is 19.1. The molecule has 2 unspecified atom stereocenters. The first-order valence-corrected chi connectivity index (χ1v) is 10.8. The average molecular weight is 474 g/mol. The highest BCUT2D eigenvalue weighted by atomic mass is 79.9. The third kappa shape index (κ3) is 7.63. The van der Waals surface area contributed by atoms with Crippen molar-refractivity contribution < 1.29 is 14.4 Å². The van der Waals surface area contributed by atoms with Gasteiger partial charge in [-0.1, -0.05) is 54.0 Å². The number of hydrogen-bond donors (Lipinski definition) is 3. The van der Waals surface area contributed by atoms with Crippen LogP contribution in [0.1, 0.15) is 50.8 Å². The molecule has 0 bridgehead atoms. The van der Waals surface area contributed by atoms with Crippen molar-refractivity contribution in [2.75, 3.05) is 5.32 Å². The Morgan fingerprint density at radius 2 is 1.77 bits per heavy atom. The van der Waals surface area contributed by atoms with Gasteiger partial charge in [-0.3, -0.25) is 14.4 Å². The molecule has 0 aliphatic heterocycles. The molecule has 0 aliphatic carbocycles. The normalized spacial score (nSPS) is 12.5. The number of benzene rings is 2. The van der Waals surface area contributed by atoms with Gasteiger partial charge in [0, 0.05) is 29.5 Å². The van der Waals surface area contributed by atoms with E-state index < -0.39 is 6.04 Å². The molecule has 3 amide bonds. The van der Waals surface area contributed by atoms with E-state index in [1.54, 1.807) is 0 Å². The molecule has 0 fully saturated rings. The molecule has 160 valence electrons. The number of carbonyl (C=O) groups excluding carboxylic acids is 3. The van der Waals surface area contributed by atoms with Crippen LogP contribution in [0.2, 0.25) is 0 Å². The summed E-state index contributed by atoms with van der Waals surface area (Å²) in [4.78, 5) is 36.1. The topological polar surface area (TPSA) is 87.3 Å². The molecule has 0 radical (unpaired) electrons. The summed E-state index contributed by atoms with van der Waals surface area (Å²) in [5.41, 5.74) is 2.45. The molecule has 2 aromatic carbocycles. The van der Waals surface area contributed by atoms with Crippen LogP contribution in [0.15, 0.2) is 53.0 Å². The molecule has 2 atom stereocenters. The van der Waals surface area contributed by atoms with Crippen LogP contribution in [0.5, 0.6) is 0 Å². The first-order chi connectivity index (χ1) is 14.3. The second-order valence-corrected chi connectivity index (χ2v) is 8.20. The standard InChI is InChI=1S/C23H28BrN3O3/c1-4-15(2)23(30)27-20-7-5-6-17(12-20)14-25-22(29)13-21(26-16(3)28)18-8-10-19(24)11-9-18/h5-12,15,21H,4,13-14H2,1-3H3,(H,25,29)(H,26,28)(H,27,30). The highest BCUT2D eigenvalue weighted by Gasteiger charge is 2.17. The number of anilines is 1. The molecule has 6 nitrogen and oxygen atoms in total. The van der Waals surface area contributed by atoms with E-state index in [-0.39, 0.29) is 30.1 Å².